The van der Waals surface area contributed by atoms with Crippen molar-refractivity contribution in [3.63, 3.8) is 0 Å². The molecule has 0 bridgehead atoms. The maximum atomic E-state index is 15.1. The number of nitrogens with zero attached hydrogens (tertiary/aromatic N) is 3. The molecule has 1 saturated heterocycles. The van der Waals surface area contributed by atoms with Gasteiger partial charge in [0.15, 0.2) is 11.9 Å². The van der Waals surface area contributed by atoms with Crippen molar-refractivity contribution in [2.45, 2.75) is 114 Å². The Morgan fingerprint density at radius 1 is 0.628 bits per heavy atom. The molecule has 0 unspecified atom stereocenters. The predicted molar refractivity (Wildman–Crippen MR) is 291 cm³/mol. The highest BCUT2D eigenvalue weighted by Gasteiger charge is 2.35. The number of nitrogens with two attached hydrogens (primary N) is 5. The molecule has 1 aliphatic rings. The van der Waals surface area contributed by atoms with Crippen LogP contribution in [0.5, 0.6) is 5.75 Å². The summed E-state index contributed by atoms with van der Waals surface area (Å²) >= 11 is 0. The summed E-state index contributed by atoms with van der Waals surface area (Å²) in [5, 5.41) is 29.0. The standard InChI is InChI=1S/C53H75N15O10/c1-32(2)27-39(46(54)73)64-47(74)38(16-10-24-61-53(57)58)63-45(72)31-68-26-25-59-43(70)21-22-44(71)62-37(15-9-23-60-52(55)56)48(75)65-41(29-35-17-19-36(69)20-18-35)49(76)66-40(28-33-11-5-3-6-12-33)50(77)67-42(51(68)78)30-34-13-7-4-8-14-34/h3-8,11-14,17-20,32,37-42,69H,9-10,15-16,21-31H2,1-2H3,(H2,54,73)(H,59,70)(H,62,71)(H,63,72)(H,64,74)(H,65,75)(H,66,76)(H,67,77)(H4,55,56,60)(H4,57,58,61)/t37-,38-,39-,40-,41-,42+/m0/s1. The van der Waals surface area contributed by atoms with Crippen molar-refractivity contribution in [1.82, 2.24) is 42.1 Å². The van der Waals surface area contributed by atoms with Gasteiger partial charge >= 0.3 is 0 Å². The Kier molecular flexibility index (Phi) is 25.3. The van der Waals surface area contributed by atoms with Crippen LogP contribution in [0.15, 0.2) is 94.9 Å². The lowest BCUT2D eigenvalue weighted by Gasteiger charge is -2.30. The summed E-state index contributed by atoms with van der Waals surface area (Å²) in [6, 6.07) is 15.4. The molecule has 18 N–H and O–H groups in total. The maximum Gasteiger partial charge on any atom is 0.246 e. The minimum atomic E-state index is -1.42. The highest BCUT2D eigenvalue weighted by Crippen LogP contribution is 2.15. The van der Waals surface area contributed by atoms with Gasteiger partial charge in [0.1, 0.15) is 42.0 Å². The molecule has 25 nitrogen and oxygen atoms in total. The van der Waals surface area contributed by atoms with Crippen LogP contribution in [-0.2, 0) is 62.4 Å². The van der Waals surface area contributed by atoms with Crippen molar-refractivity contribution < 1.29 is 48.3 Å². The number of carbonyl (C=O) groups is 9. The normalized spacial score (nSPS) is 18.8. The van der Waals surface area contributed by atoms with E-state index in [0.29, 0.717) is 16.7 Å². The Hall–Kier alpha value is -8.77. The van der Waals surface area contributed by atoms with Crippen molar-refractivity contribution in [2.75, 3.05) is 32.7 Å². The highest BCUT2D eigenvalue weighted by molar-refractivity contribution is 5.97. The number of aromatic hydroxyl groups is 1. The number of phenolic OH excluding ortho intramolecular Hbond substituents is 1. The number of phenols is 1. The van der Waals surface area contributed by atoms with Gasteiger partial charge in [-0.3, -0.25) is 53.1 Å². The zero-order valence-corrected chi connectivity index (χ0v) is 44.1. The van der Waals surface area contributed by atoms with Gasteiger partial charge in [-0.05, 0) is 66.8 Å². The fourth-order valence-corrected chi connectivity index (χ4v) is 8.35. The van der Waals surface area contributed by atoms with Crippen LogP contribution >= 0.6 is 0 Å². The molecule has 6 atom stereocenters. The third kappa shape index (κ3) is 22.6. The molecule has 4 rings (SSSR count). The fourth-order valence-electron chi connectivity index (χ4n) is 8.35. The van der Waals surface area contributed by atoms with Crippen LogP contribution in [0.25, 0.3) is 0 Å². The van der Waals surface area contributed by atoms with Gasteiger partial charge in [0.25, 0.3) is 0 Å². The van der Waals surface area contributed by atoms with Gasteiger partial charge in [0.2, 0.25) is 53.2 Å². The molecule has 3 aromatic carbocycles. The number of hydrogen-bond acceptors (Lipinski definition) is 12. The van der Waals surface area contributed by atoms with Crippen molar-refractivity contribution in [1.29, 1.82) is 0 Å². The second kappa shape index (κ2) is 32.0. The lowest BCUT2D eigenvalue weighted by atomic mass is 10.0. The van der Waals surface area contributed by atoms with E-state index >= 15 is 4.79 Å². The lowest BCUT2D eigenvalue weighted by molar-refractivity contribution is -0.141. The Balaban J connectivity index is 1.79. The largest absolute Gasteiger partial charge is 0.508 e. The van der Waals surface area contributed by atoms with E-state index in [1.807, 2.05) is 13.8 Å². The number of aliphatic imine (C=N–C) groups is 2. The number of benzene rings is 3. The summed E-state index contributed by atoms with van der Waals surface area (Å²) in [6.07, 6.45) is -0.537. The summed E-state index contributed by atoms with van der Waals surface area (Å²) in [5.74, 6) is -7.38. The molecule has 9 amide bonds. The van der Waals surface area contributed by atoms with E-state index in [2.05, 4.69) is 47.2 Å². The van der Waals surface area contributed by atoms with Gasteiger partial charge < -0.3 is 75.9 Å². The van der Waals surface area contributed by atoms with E-state index in [4.69, 9.17) is 28.7 Å². The van der Waals surface area contributed by atoms with Crippen molar-refractivity contribution >= 4 is 65.1 Å². The van der Waals surface area contributed by atoms with Crippen LogP contribution in [0.1, 0.15) is 75.5 Å². The molecule has 0 aliphatic carbocycles. The highest BCUT2D eigenvalue weighted by atomic mass is 16.3. The molecule has 1 heterocycles. The maximum absolute atomic E-state index is 15.1. The Morgan fingerprint density at radius 2 is 1.13 bits per heavy atom. The first-order valence-electron chi connectivity index (χ1n) is 25.8. The van der Waals surface area contributed by atoms with Crippen LogP contribution in [0.4, 0.5) is 0 Å². The van der Waals surface area contributed by atoms with E-state index in [9.17, 15) is 43.5 Å². The van der Waals surface area contributed by atoms with E-state index < -0.39 is 102 Å². The second-order valence-electron chi connectivity index (χ2n) is 19.3. The zero-order chi connectivity index (χ0) is 57.1. The molecule has 1 aliphatic heterocycles. The van der Waals surface area contributed by atoms with Crippen molar-refractivity contribution in [3.8, 4) is 5.75 Å². The van der Waals surface area contributed by atoms with Crippen LogP contribution in [0.3, 0.4) is 0 Å². The molecule has 78 heavy (non-hydrogen) atoms. The Morgan fingerprint density at radius 3 is 1.67 bits per heavy atom. The van der Waals surface area contributed by atoms with E-state index in [1.54, 1.807) is 72.8 Å². The van der Waals surface area contributed by atoms with Gasteiger partial charge in [-0.2, -0.15) is 0 Å². The van der Waals surface area contributed by atoms with E-state index in [-0.39, 0.29) is 108 Å². The van der Waals surface area contributed by atoms with Crippen LogP contribution in [-0.4, -0.2) is 144 Å². The number of guanidine groups is 2. The van der Waals surface area contributed by atoms with Gasteiger partial charge in [-0.1, -0.05) is 86.6 Å². The van der Waals surface area contributed by atoms with Crippen molar-refractivity contribution in [3.05, 3.63) is 102 Å². The molecule has 25 heteroatoms. The fraction of sp³-hybridized carbons (Fsp3) is 0.453. The lowest BCUT2D eigenvalue weighted by Crippen LogP contribution is -2.60. The smallest absolute Gasteiger partial charge is 0.246 e. The summed E-state index contributed by atoms with van der Waals surface area (Å²) in [5.41, 5.74) is 29.4. The summed E-state index contributed by atoms with van der Waals surface area (Å²) in [6.45, 7) is 2.55. The SMILES string of the molecule is CC(C)C[C@H](NC(=O)[C@H](CCCN=C(N)N)NC(=O)CN1CCNC(=O)CCC(=O)N[C@@H](CCCN=C(N)N)C(=O)N[C@@H](Cc2ccc(O)cc2)C(=O)N[C@@H](Cc2ccccc2)C(=O)N[C@H](Cc2ccccc2)C1=O)C(N)=O. The summed E-state index contributed by atoms with van der Waals surface area (Å²) < 4.78 is 0. The summed E-state index contributed by atoms with van der Waals surface area (Å²) in [7, 11) is 0. The Bertz CT molecular complexity index is 2560. The van der Waals surface area contributed by atoms with Gasteiger partial charge in [-0.15, -0.1) is 0 Å². The molecule has 0 spiro atoms. The average molecular weight is 1080 g/mol. The molecule has 1 fully saturated rings. The number of carbonyl (C=O) groups excluding carboxylic acids is 9. The first-order valence-corrected chi connectivity index (χ1v) is 25.8. The topological polar surface area (TPSA) is 416 Å². The van der Waals surface area contributed by atoms with E-state index in [0.717, 1.165) is 4.90 Å². The number of amides is 9. The number of rotatable bonds is 22. The molecule has 0 saturated carbocycles. The molecule has 0 radical (unpaired) electrons. The zero-order valence-electron chi connectivity index (χ0n) is 44.1. The molecule has 3 aromatic rings. The third-order valence-electron chi connectivity index (χ3n) is 12.3. The quantitative estimate of drug-likeness (QED) is 0.0286. The number of hydrogen-bond donors (Lipinski definition) is 13. The Labute approximate surface area is 453 Å². The molecule has 422 valence electrons. The van der Waals surface area contributed by atoms with Gasteiger partial charge in [0.05, 0.1) is 6.54 Å². The molecule has 0 aromatic heterocycles. The molecular weight excluding hydrogens is 1010 g/mol. The predicted octanol–water partition coefficient (Wildman–Crippen LogP) is -2.29. The first kappa shape index (κ1) is 61.8. The van der Waals surface area contributed by atoms with Crippen molar-refractivity contribution in [2.24, 2.45) is 44.6 Å². The minimum Gasteiger partial charge on any atom is -0.508 e. The number of primary amides is 1. The van der Waals surface area contributed by atoms with Crippen LogP contribution in [0, 0.1) is 5.92 Å². The molecular formula is C53H75N15O10. The van der Waals surface area contributed by atoms with Gasteiger partial charge in [0, 0.05) is 58.3 Å². The monoisotopic (exact) mass is 1080 g/mol. The van der Waals surface area contributed by atoms with Crippen LogP contribution < -0.4 is 65.9 Å². The number of nitrogens with one attached hydrogen (secondary N) is 7. The van der Waals surface area contributed by atoms with E-state index in [1.165, 1.54) is 12.1 Å². The minimum absolute atomic E-state index is 0.00277. The first-order chi connectivity index (χ1) is 37.2. The summed E-state index contributed by atoms with van der Waals surface area (Å²) in [4.78, 5) is 135. The van der Waals surface area contributed by atoms with Crippen LogP contribution in [0.2, 0.25) is 0 Å². The van der Waals surface area contributed by atoms with Gasteiger partial charge in [-0.25, -0.2) is 0 Å². The third-order valence-corrected chi connectivity index (χ3v) is 12.3. The average Bonchev–Trinajstić information content (AvgIpc) is 3.39. The second-order valence-corrected chi connectivity index (χ2v) is 19.3.